The fourth-order valence-corrected chi connectivity index (χ4v) is 2.36. The van der Waals surface area contributed by atoms with Crippen LogP contribution in [0.1, 0.15) is 42.1 Å². The van der Waals surface area contributed by atoms with Gasteiger partial charge < -0.3 is 4.74 Å². The summed E-state index contributed by atoms with van der Waals surface area (Å²) in [4.78, 5) is 0. The summed E-state index contributed by atoms with van der Waals surface area (Å²) in [5.74, 6) is 1.37. The number of ether oxygens (including phenoxy) is 1. The van der Waals surface area contributed by atoms with Crippen LogP contribution >= 0.6 is 0 Å². The van der Waals surface area contributed by atoms with E-state index in [9.17, 15) is 0 Å². The third-order valence-corrected chi connectivity index (χ3v) is 3.65. The minimum absolute atomic E-state index is 0.479. The molecule has 108 valence electrons. The zero-order valence-electron chi connectivity index (χ0n) is 12.1. The van der Waals surface area contributed by atoms with Crippen LogP contribution in [0, 0.1) is 18.3 Å². The van der Waals surface area contributed by atoms with Gasteiger partial charge in [0.15, 0.2) is 5.69 Å². The summed E-state index contributed by atoms with van der Waals surface area (Å²) in [6.07, 6.45) is 3.13. The highest BCUT2D eigenvalue weighted by molar-refractivity contribution is 5.30. The second-order valence-corrected chi connectivity index (χ2v) is 5.45. The maximum absolute atomic E-state index is 9.06. The topological polar surface area (TPSA) is 63.7 Å². The lowest BCUT2D eigenvalue weighted by atomic mass is 10.2. The fraction of sp³-hybridized carbons (Fsp3) is 0.438. The molecule has 0 aliphatic heterocycles. The van der Waals surface area contributed by atoms with Crippen LogP contribution in [-0.4, -0.2) is 21.6 Å². The molecule has 1 aliphatic rings. The lowest BCUT2D eigenvalue weighted by Gasteiger charge is -2.08. The van der Waals surface area contributed by atoms with Gasteiger partial charge in [0.1, 0.15) is 11.8 Å². The van der Waals surface area contributed by atoms with Gasteiger partial charge >= 0.3 is 0 Å². The normalized spacial score (nSPS) is 13.9. The Balaban J connectivity index is 1.53. The van der Waals surface area contributed by atoms with Gasteiger partial charge in [0.25, 0.3) is 0 Å². The number of nitriles is 1. The Morgan fingerprint density at radius 1 is 1.33 bits per heavy atom. The van der Waals surface area contributed by atoms with Crippen molar-refractivity contribution in [1.29, 1.82) is 5.26 Å². The second-order valence-electron chi connectivity index (χ2n) is 5.45. The number of nitrogens with zero attached hydrogens (tertiary/aromatic N) is 4. The lowest BCUT2D eigenvalue weighted by molar-refractivity contribution is 0.297. The highest BCUT2D eigenvalue weighted by atomic mass is 16.5. The molecule has 1 aromatic carbocycles. The zero-order valence-corrected chi connectivity index (χ0v) is 12.1. The Kier molecular flexibility index (Phi) is 3.87. The van der Waals surface area contributed by atoms with Crippen LogP contribution < -0.4 is 4.74 Å². The maximum Gasteiger partial charge on any atom is 0.186 e. The summed E-state index contributed by atoms with van der Waals surface area (Å²) in [6, 6.07) is 10.2. The monoisotopic (exact) mass is 282 g/mol. The Bertz CT molecular complexity index is 650. The Morgan fingerprint density at radius 2 is 2.10 bits per heavy atom. The first kappa shape index (κ1) is 13.6. The van der Waals surface area contributed by atoms with Gasteiger partial charge in [-0.15, -0.1) is 5.10 Å². The third kappa shape index (κ3) is 3.22. The van der Waals surface area contributed by atoms with Crippen molar-refractivity contribution in [3.8, 4) is 11.8 Å². The molecule has 1 aliphatic carbocycles. The molecule has 0 spiro atoms. The molecule has 1 heterocycles. The molecule has 2 aromatic rings. The fourth-order valence-electron chi connectivity index (χ4n) is 2.36. The molecule has 0 unspecified atom stereocenters. The molecule has 5 nitrogen and oxygen atoms in total. The van der Waals surface area contributed by atoms with Gasteiger partial charge in [-0.3, -0.25) is 0 Å². The van der Waals surface area contributed by atoms with Gasteiger partial charge in [-0.25, -0.2) is 4.68 Å². The van der Waals surface area contributed by atoms with Crippen molar-refractivity contribution < 1.29 is 4.74 Å². The minimum Gasteiger partial charge on any atom is -0.494 e. The van der Waals surface area contributed by atoms with Crippen LogP contribution in [0.4, 0.5) is 0 Å². The number of rotatable bonds is 6. The summed E-state index contributed by atoms with van der Waals surface area (Å²) in [6.45, 7) is 3.43. The summed E-state index contributed by atoms with van der Waals surface area (Å²) in [5, 5.41) is 17.1. The smallest absolute Gasteiger partial charge is 0.186 e. The van der Waals surface area contributed by atoms with E-state index in [2.05, 4.69) is 23.3 Å². The Labute approximate surface area is 124 Å². The lowest BCUT2D eigenvalue weighted by Crippen LogP contribution is -2.09. The summed E-state index contributed by atoms with van der Waals surface area (Å²) < 4.78 is 7.58. The molecule has 0 radical (unpaired) electrons. The first-order chi connectivity index (χ1) is 10.3. The van der Waals surface area contributed by atoms with Crippen molar-refractivity contribution in [2.75, 3.05) is 6.61 Å². The van der Waals surface area contributed by atoms with Crippen LogP contribution in [0.2, 0.25) is 0 Å². The van der Waals surface area contributed by atoms with Crippen molar-refractivity contribution in [2.24, 2.45) is 0 Å². The van der Waals surface area contributed by atoms with Crippen LogP contribution in [0.5, 0.6) is 5.75 Å². The van der Waals surface area contributed by atoms with E-state index in [0.29, 0.717) is 18.2 Å². The Hall–Kier alpha value is -2.35. The van der Waals surface area contributed by atoms with Crippen LogP contribution in [0.15, 0.2) is 24.3 Å². The molecule has 1 fully saturated rings. The van der Waals surface area contributed by atoms with Crippen molar-refractivity contribution in [1.82, 2.24) is 15.0 Å². The summed E-state index contributed by atoms with van der Waals surface area (Å²) >= 11 is 0. The van der Waals surface area contributed by atoms with Gasteiger partial charge in [-0.2, -0.15) is 5.26 Å². The van der Waals surface area contributed by atoms with Crippen LogP contribution in [0.3, 0.4) is 0 Å². The van der Waals surface area contributed by atoms with Gasteiger partial charge in [-0.05, 0) is 31.9 Å². The van der Waals surface area contributed by atoms with Gasteiger partial charge in [0, 0.05) is 18.9 Å². The van der Waals surface area contributed by atoms with E-state index < -0.39 is 0 Å². The standard InChI is InChI=1S/C16H18N4O/c1-12-3-7-14(8-4-12)21-10-2-9-20-16(13-5-6-13)15(11-17)18-19-20/h3-4,7-8,13H,2,5-6,9-10H2,1H3. The highest BCUT2D eigenvalue weighted by Gasteiger charge is 2.31. The molecule has 5 heteroatoms. The molecule has 0 N–H and O–H groups in total. The largest absolute Gasteiger partial charge is 0.494 e. The number of aryl methyl sites for hydroxylation is 2. The average molecular weight is 282 g/mol. The zero-order chi connectivity index (χ0) is 14.7. The quantitative estimate of drug-likeness (QED) is 0.764. The molecular formula is C16H18N4O. The van der Waals surface area contributed by atoms with Gasteiger partial charge in [0.05, 0.1) is 12.3 Å². The molecule has 0 atom stereocenters. The maximum atomic E-state index is 9.06. The Morgan fingerprint density at radius 3 is 2.76 bits per heavy atom. The summed E-state index contributed by atoms with van der Waals surface area (Å²) in [5.41, 5.74) is 2.72. The van der Waals surface area contributed by atoms with Crippen molar-refractivity contribution in [3.63, 3.8) is 0 Å². The van der Waals surface area contributed by atoms with E-state index in [1.807, 2.05) is 28.9 Å². The first-order valence-corrected chi connectivity index (χ1v) is 7.31. The predicted molar refractivity (Wildman–Crippen MR) is 78.0 cm³/mol. The van der Waals surface area contributed by atoms with Crippen molar-refractivity contribution in [2.45, 2.75) is 38.6 Å². The first-order valence-electron chi connectivity index (χ1n) is 7.31. The molecule has 1 saturated carbocycles. The third-order valence-electron chi connectivity index (χ3n) is 3.65. The average Bonchev–Trinajstić information content (AvgIpc) is 3.26. The number of hydrogen-bond donors (Lipinski definition) is 0. The number of aromatic nitrogens is 3. The minimum atomic E-state index is 0.479. The molecule has 3 rings (SSSR count). The van der Waals surface area contributed by atoms with Crippen LogP contribution in [-0.2, 0) is 6.54 Å². The number of benzene rings is 1. The molecular weight excluding hydrogens is 264 g/mol. The van der Waals surface area contributed by atoms with Crippen LogP contribution in [0.25, 0.3) is 0 Å². The van der Waals surface area contributed by atoms with Gasteiger partial charge in [0.2, 0.25) is 0 Å². The van der Waals surface area contributed by atoms with Gasteiger partial charge in [-0.1, -0.05) is 22.9 Å². The van der Waals surface area contributed by atoms with E-state index in [4.69, 9.17) is 10.00 Å². The SMILES string of the molecule is Cc1ccc(OCCCn2nnc(C#N)c2C2CC2)cc1. The van der Waals surface area contributed by atoms with Crippen molar-refractivity contribution in [3.05, 3.63) is 41.2 Å². The number of hydrogen-bond acceptors (Lipinski definition) is 4. The second kappa shape index (κ2) is 5.96. The molecule has 0 bridgehead atoms. The highest BCUT2D eigenvalue weighted by Crippen LogP contribution is 2.40. The van der Waals surface area contributed by atoms with E-state index in [1.54, 1.807) is 0 Å². The molecule has 1 aromatic heterocycles. The van der Waals surface area contributed by atoms with E-state index >= 15 is 0 Å². The predicted octanol–water partition coefficient (Wildman–Crippen LogP) is 2.80. The van der Waals surface area contributed by atoms with Crippen molar-refractivity contribution >= 4 is 0 Å². The molecule has 0 saturated heterocycles. The molecule has 0 amide bonds. The van der Waals surface area contributed by atoms with E-state index in [1.165, 1.54) is 5.56 Å². The van der Waals surface area contributed by atoms with E-state index in [0.717, 1.165) is 37.3 Å². The van der Waals surface area contributed by atoms with E-state index in [-0.39, 0.29) is 0 Å². The molecule has 21 heavy (non-hydrogen) atoms. The summed E-state index contributed by atoms with van der Waals surface area (Å²) in [7, 11) is 0.